The standard InChI is InChI=1S/C16H23N/c1-3-14(2)16-11-9-15(10-12-16)8-6-4-5-7-13-17/h9-12,14H,3-5,7,13,17H2,1-2H3. The van der Waals surface area contributed by atoms with Crippen molar-refractivity contribution >= 4 is 0 Å². The Morgan fingerprint density at radius 2 is 1.88 bits per heavy atom. The first-order chi connectivity index (χ1) is 8.27. The second kappa shape index (κ2) is 7.92. The number of benzene rings is 1. The van der Waals surface area contributed by atoms with E-state index in [2.05, 4.69) is 50.0 Å². The van der Waals surface area contributed by atoms with Gasteiger partial charge in [0.15, 0.2) is 0 Å². The molecule has 0 aliphatic rings. The van der Waals surface area contributed by atoms with E-state index in [1.54, 1.807) is 0 Å². The Hall–Kier alpha value is -1.26. The zero-order valence-electron chi connectivity index (χ0n) is 11.0. The molecule has 0 aliphatic heterocycles. The Morgan fingerprint density at radius 1 is 1.18 bits per heavy atom. The van der Waals surface area contributed by atoms with Crippen LogP contribution in [0.15, 0.2) is 24.3 Å². The maximum atomic E-state index is 5.43. The molecule has 0 radical (unpaired) electrons. The van der Waals surface area contributed by atoms with E-state index < -0.39 is 0 Å². The molecule has 0 saturated carbocycles. The number of hydrogen-bond acceptors (Lipinski definition) is 1. The van der Waals surface area contributed by atoms with Gasteiger partial charge in [-0.15, -0.1) is 0 Å². The smallest absolute Gasteiger partial charge is 0.0245 e. The molecular formula is C16H23N. The molecule has 1 rings (SSSR count). The maximum absolute atomic E-state index is 5.43. The van der Waals surface area contributed by atoms with Crippen molar-refractivity contribution in [1.82, 2.24) is 0 Å². The van der Waals surface area contributed by atoms with Crippen LogP contribution in [0.3, 0.4) is 0 Å². The molecule has 1 atom stereocenters. The van der Waals surface area contributed by atoms with E-state index in [9.17, 15) is 0 Å². The van der Waals surface area contributed by atoms with Gasteiger partial charge in [-0.1, -0.05) is 37.8 Å². The summed E-state index contributed by atoms with van der Waals surface area (Å²) in [4.78, 5) is 0. The lowest BCUT2D eigenvalue weighted by Crippen LogP contribution is -1.96. The first-order valence-electron chi connectivity index (χ1n) is 6.56. The summed E-state index contributed by atoms with van der Waals surface area (Å²) >= 11 is 0. The summed E-state index contributed by atoms with van der Waals surface area (Å²) in [5, 5.41) is 0. The van der Waals surface area contributed by atoms with Crippen molar-refractivity contribution in [3.8, 4) is 11.8 Å². The summed E-state index contributed by atoms with van der Waals surface area (Å²) in [6.07, 6.45) is 4.31. The molecule has 0 fully saturated rings. The molecule has 0 spiro atoms. The highest BCUT2D eigenvalue weighted by Crippen LogP contribution is 2.18. The molecule has 1 unspecified atom stereocenters. The molecule has 1 nitrogen and oxygen atoms in total. The van der Waals surface area contributed by atoms with Crippen LogP contribution in [0.1, 0.15) is 56.6 Å². The molecule has 0 amide bonds. The number of nitrogens with two attached hydrogens (primary N) is 1. The molecule has 1 aromatic carbocycles. The molecule has 92 valence electrons. The number of hydrogen-bond donors (Lipinski definition) is 1. The monoisotopic (exact) mass is 229 g/mol. The average molecular weight is 229 g/mol. The third kappa shape index (κ3) is 5.06. The summed E-state index contributed by atoms with van der Waals surface area (Å²) < 4.78 is 0. The molecule has 0 bridgehead atoms. The van der Waals surface area contributed by atoms with E-state index >= 15 is 0 Å². The minimum atomic E-state index is 0.640. The number of unbranched alkanes of at least 4 members (excludes halogenated alkanes) is 2. The van der Waals surface area contributed by atoms with Crippen LogP contribution in [-0.2, 0) is 0 Å². The van der Waals surface area contributed by atoms with Gasteiger partial charge in [0.25, 0.3) is 0 Å². The van der Waals surface area contributed by atoms with Crippen molar-refractivity contribution in [3.05, 3.63) is 35.4 Å². The summed E-state index contributed by atoms with van der Waals surface area (Å²) in [5.41, 5.74) is 7.95. The molecule has 0 heterocycles. The molecular weight excluding hydrogens is 206 g/mol. The molecule has 0 aliphatic carbocycles. The van der Waals surface area contributed by atoms with E-state index in [1.807, 2.05) is 0 Å². The van der Waals surface area contributed by atoms with Crippen LogP contribution in [0.2, 0.25) is 0 Å². The number of rotatable bonds is 5. The van der Waals surface area contributed by atoms with Crippen LogP contribution in [0.25, 0.3) is 0 Å². The van der Waals surface area contributed by atoms with Gasteiger partial charge in [-0.05, 0) is 49.4 Å². The highest BCUT2D eigenvalue weighted by molar-refractivity contribution is 5.36. The van der Waals surface area contributed by atoms with Gasteiger partial charge < -0.3 is 5.73 Å². The molecule has 1 aromatic rings. The van der Waals surface area contributed by atoms with Crippen molar-refractivity contribution in [3.63, 3.8) is 0 Å². The largest absolute Gasteiger partial charge is 0.330 e. The first kappa shape index (κ1) is 13.8. The lowest BCUT2D eigenvalue weighted by molar-refractivity contribution is 0.733. The third-order valence-corrected chi connectivity index (χ3v) is 3.08. The second-order valence-corrected chi connectivity index (χ2v) is 4.48. The second-order valence-electron chi connectivity index (χ2n) is 4.48. The first-order valence-corrected chi connectivity index (χ1v) is 6.56. The van der Waals surface area contributed by atoms with Crippen molar-refractivity contribution in [2.45, 2.75) is 45.4 Å². The highest BCUT2D eigenvalue weighted by Gasteiger charge is 2.00. The quantitative estimate of drug-likeness (QED) is 0.605. The van der Waals surface area contributed by atoms with E-state index in [-0.39, 0.29) is 0 Å². The van der Waals surface area contributed by atoms with Gasteiger partial charge in [-0.3, -0.25) is 0 Å². The van der Waals surface area contributed by atoms with Gasteiger partial charge in [0.2, 0.25) is 0 Å². The fraction of sp³-hybridized carbons (Fsp3) is 0.500. The minimum Gasteiger partial charge on any atom is -0.330 e. The lowest BCUT2D eigenvalue weighted by Gasteiger charge is -2.07. The molecule has 0 saturated heterocycles. The fourth-order valence-electron chi connectivity index (χ4n) is 1.65. The van der Waals surface area contributed by atoms with Gasteiger partial charge in [0, 0.05) is 12.0 Å². The zero-order chi connectivity index (χ0) is 12.5. The van der Waals surface area contributed by atoms with Gasteiger partial charge in [-0.2, -0.15) is 0 Å². The summed E-state index contributed by atoms with van der Waals surface area (Å²) in [6, 6.07) is 8.63. The molecule has 1 heteroatoms. The van der Waals surface area contributed by atoms with Gasteiger partial charge in [0.05, 0.1) is 0 Å². The van der Waals surface area contributed by atoms with Crippen molar-refractivity contribution in [2.75, 3.05) is 6.54 Å². The SMILES string of the molecule is CCC(C)c1ccc(C#CCCCCN)cc1. The Bertz CT molecular complexity index is 367. The van der Waals surface area contributed by atoms with Crippen LogP contribution in [0.5, 0.6) is 0 Å². The van der Waals surface area contributed by atoms with Crippen LogP contribution >= 0.6 is 0 Å². The summed E-state index contributed by atoms with van der Waals surface area (Å²) in [6.45, 7) is 5.24. The lowest BCUT2D eigenvalue weighted by atomic mass is 9.98. The van der Waals surface area contributed by atoms with E-state index in [0.29, 0.717) is 5.92 Å². The van der Waals surface area contributed by atoms with E-state index in [0.717, 1.165) is 31.4 Å². The van der Waals surface area contributed by atoms with Crippen molar-refractivity contribution in [2.24, 2.45) is 5.73 Å². The Morgan fingerprint density at radius 3 is 2.47 bits per heavy atom. The average Bonchev–Trinajstić information content (AvgIpc) is 2.38. The topological polar surface area (TPSA) is 26.0 Å². The van der Waals surface area contributed by atoms with Crippen molar-refractivity contribution in [1.29, 1.82) is 0 Å². The predicted octanol–water partition coefficient (Wildman–Crippen LogP) is 3.68. The summed E-state index contributed by atoms with van der Waals surface area (Å²) in [7, 11) is 0. The maximum Gasteiger partial charge on any atom is 0.0245 e. The van der Waals surface area contributed by atoms with Crippen LogP contribution in [0.4, 0.5) is 0 Å². The zero-order valence-corrected chi connectivity index (χ0v) is 11.0. The van der Waals surface area contributed by atoms with Crippen molar-refractivity contribution < 1.29 is 0 Å². The predicted molar refractivity (Wildman–Crippen MR) is 74.9 cm³/mol. The van der Waals surface area contributed by atoms with Gasteiger partial charge in [-0.25, -0.2) is 0 Å². The van der Waals surface area contributed by atoms with E-state index in [1.165, 1.54) is 12.0 Å². The Labute approximate surface area is 105 Å². The Kier molecular flexibility index (Phi) is 6.43. The normalized spacial score (nSPS) is 11.7. The molecule has 2 N–H and O–H groups in total. The van der Waals surface area contributed by atoms with Crippen LogP contribution in [0, 0.1) is 11.8 Å². The Balaban J connectivity index is 2.50. The third-order valence-electron chi connectivity index (χ3n) is 3.08. The molecule has 0 aromatic heterocycles. The highest BCUT2D eigenvalue weighted by atomic mass is 14.5. The van der Waals surface area contributed by atoms with Crippen LogP contribution < -0.4 is 5.73 Å². The fourth-order valence-corrected chi connectivity index (χ4v) is 1.65. The van der Waals surface area contributed by atoms with Crippen LogP contribution in [-0.4, -0.2) is 6.54 Å². The van der Waals surface area contributed by atoms with Gasteiger partial charge in [0.1, 0.15) is 0 Å². The summed E-state index contributed by atoms with van der Waals surface area (Å²) in [5.74, 6) is 7.03. The molecule has 17 heavy (non-hydrogen) atoms. The van der Waals surface area contributed by atoms with Gasteiger partial charge >= 0.3 is 0 Å². The van der Waals surface area contributed by atoms with E-state index in [4.69, 9.17) is 5.73 Å². The minimum absolute atomic E-state index is 0.640.